The molecule has 166 valence electrons. The van der Waals surface area contributed by atoms with E-state index in [1.54, 1.807) is 31.5 Å². The average Bonchev–Trinajstić information content (AvgIpc) is 2.81. The van der Waals surface area contributed by atoms with Crippen molar-refractivity contribution in [1.82, 2.24) is 5.32 Å². The van der Waals surface area contributed by atoms with Gasteiger partial charge in [-0.2, -0.15) is 0 Å². The van der Waals surface area contributed by atoms with Crippen LogP contribution in [0.1, 0.15) is 40.2 Å². The van der Waals surface area contributed by atoms with Crippen molar-refractivity contribution in [3.05, 3.63) is 105 Å². The van der Waals surface area contributed by atoms with Gasteiger partial charge in [0.25, 0.3) is 0 Å². The summed E-state index contributed by atoms with van der Waals surface area (Å²) in [6, 6.07) is 12.4. The van der Waals surface area contributed by atoms with Crippen LogP contribution >= 0.6 is 0 Å². The maximum atomic E-state index is 13.1. The molecule has 0 saturated heterocycles. The first-order chi connectivity index (χ1) is 15.9. The Hall–Kier alpha value is -4.19. The van der Waals surface area contributed by atoms with Crippen LogP contribution in [0.25, 0.3) is 16.5 Å². The number of benzene rings is 2. The standard InChI is InChI=1S/C27H25N3O3/c1-16-10-21(17(2)30-24-7-5-4-6-19(24)15-31)27-22(11-16)25(32)13-26(33-27)18-8-9-23(28)20(12-18)14-29-3/h4-15,17,28-30H,1-3H3/b20-14-,28-23?. The largest absolute Gasteiger partial charge is 0.455 e. The average molecular weight is 440 g/mol. The van der Waals surface area contributed by atoms with Crippen LogP contribution in [0.4, 0.5) is 5.69 Å². The van der Waals surface area contributed by atoms with Gasteiger partial charge in [0.05, 0.1) is 17.1 Å². The highest BCUT2D eigenvalue weighted by atomic mass is 16.3. The van der Waals surface area contributed by atoms with Crippen LogP contribution in [0.3, 0.4) is 0 Å². The molecule has 0 aliphatic heterocycles. The van der Waals surface area contributed by atoms with Crippen LogP contribution < -0.4 is 16.1 Å². The van der Waals surface area contributed by atoms with Crippen molar-refractivity contribution >= 4 is 34.2 Å². The molecule has 0 fully saturated rings. The molecule has 0 saturated carbocycles. The summed E-state index contributed by atoms with van der Waals surface area (Å²) < 4.78 is 6.30. The number of rotatable bonds is 6. The van der Waals surface area contributed by atoms with Crippen molar-refractivity contribution in [2.45, 2.75) is 19.9 Å². The molecule has 0 amide bonds. The third kappa shape index (κ3) is 4.41. The number of anilines is 1. The Morgan fingerprint density at radius 2 is 1.91 bits per heavy atom. The summed E-state index contributed by atoms with van der Waals surface area (Å²) in [6.45, 7) is 3.91. The summed E-state index contributed by atoms with van der Waals surface area (Å²) in [5.74, 6) is 0.434. The monoisotopic (exact) mass is 439 g/mol. The Labute approximate surface area is 191 Å². The predicted octanol–water partition coefficient (Wildman–Crippen LogP) is 5.16. The van der Waals surface area contributed by atoms with Gasteiger partial charge in [-0.3, -0.25) is 9.59 Å². The second-order valence-electron chi connectivity index (χ2n) is 8.01. The molecule has 3 aromatic rings. The summed E-state index contributed by atoms with van der Waals surface area (Å²) in [6.07, 6.45) is 7.82. The molecule has 1 atom stereocenters. The lowest BCUT2D eigenvalue weighted by Crippen LogP contribution is -2.12. The molecule has 4 rings (SSSR count). The first-order valence-electron chi connectivity index (χ1n) is 10.7. The Bertz CT molecular complexity index is 1410. The third-order valence-corrected chi connectivity index (χ3v) is 5.56. The van der Waals surface area contributed by atoms with Gasteiger partial charge < -0.3 is 20.5 Å². The van der Waals surface area contributed by atoms with E-state index in [1.165, 1.54) is 6.07 Å². The number of allylic oxidation sites excluding steroid dienone is 5. The molecule has 6 nitrogen and oxygen atoms in total. The summed E-state index contributed by atoms with van der Waals surface area (Å²) in [5.41, 5.74) is 5.19. The Kier molecular flexibility index (Phi) is 6.09. The van der Waals surface area contributed by atoms with Crippen molar-refractivity contribution in [1.29, 1.82) is 5.41 Å². The van der Waals surface area contributed by atoms with Gasteiger partial charge in [-0.05, 0) is 55.8 Å². The number of aryl methyl sites for hydroxylation is 1. The van der Waals surface area contributed by atoms with E-state index in [2.05, 4.69) is 10.6 Å². The fourth-order valence-electron chi connectivity index (χ4n) is 3.93. The fourth-order valence-corrected chi connectivity index (χ4v) is 3.93. The minimum atomic E-state index is -0.226. The van der Waals surface area contributed by atoms with Crippen LogP contribution in [0.5, 0.6) is 0 Å². The van der Waals surface area contributed by atoms with Crippen LogP contribution in [-0.4, -0.2) is 19.0 Å². The molecule has 3 N–H and O–H groups in total. The number of fused-ring (bicyclic) bond motifs is 1. The fraction of sp³-hybridized carbons (Fsp3) is 0.148. The van der Waals surface area contributed by atoms with E-state index in [9.17, 15) is 9.59 Å². The Morgan fingerprint density at radius 1 is 1.12 bits per heavy atom. The summed E-state index contributed by atoms with van der Waals surface area (Å²) in [4.78, 5) is 24.5. The lowest BCUT2D eigenvalue weighted by Gasteiger charge is -2.19. The van der Waals surface area contributed by atoms with Crippen LogP contribution in [0.15, 0.2) is 81.7 Å². The van der Waals surface area contributed by atoms with E-state index >= 15 is 0 Å². The normalized spacial score (nSPS) is 15.4. The molecular weight excluding hydrogens is 414 g/mol. The minimum absolute atomic E-state index is 0.134. The summed E-state index contributed by atoms with van der Waals surface area (Å²) in [5, 5.41) is 14.9. The highest BCUT2D eigenvalue weighted by Gasteiger charge is 2.18. The first kappa shape index (κ1) is 22.0. The molecule has 1 unspecified atom stereocenters. The molecule has 1 aliphatic rings. The molecular formula is C27H25N3O3. The zero-order chi connectivity index (χ0) is 23.5. The molecule has 0 spiro atoms. The van der Waals surface area contributed by atoms with Gasteiger partial charge in [0, 0.05) is 47.3 Å². The van der Waals surface area contributed by atoms with E-state index < -0.39 is 0 Å². The van der Waals surface area contributed by atoms with Gasteiger partial charge >= 0.3 is 0 Å². The van der Waals surface area contributed by atoms with Crippen LogP contribution in [-0.2, 0) is 0 Å². The number of para-hydroxylation sites is 1. The summed E-state index contributed by atoms with van der Waals surface area (Å²) >= 11 is 0. The van der Waals surface area contributed by atoms with E-state index in [0.717, 1.165) is 17.4 Å². The van der Waals surface area contributed by atoms with Crippen molar-refractivity contribution < 1.29 is 9.21 Å². The van der Waals surface area contributed by atoms with E-state index in [1.807, 2.05) is 50.3 Å². The van der Waals surface area contributed by atoms with Gasteiger partial charge in [0.1, 0.15) is 11.3 Å². The van der Waals surface area contributed by atoms with E-state index in [4.69, 9.17) is 9.83 Å². The molecule has 33 heavy (non-hydrogen) atoms. The zero-order valence-corrected chi connectivity index (χ0v) is 18.7. The van der Waals surface area contributed by atoms with Gasteiger partial charge in [-0.15, -0.1) is 0 Å². The van der Waals surface area contributed by atoms with Gasteiger partial charge in [-0.25, -0.2) is 0 Å². The molecule has 1 aliphatic carbocycles. The number of hydrogen-bond acceptors (Lipinski definition) is 6. The van der Waals surface area contributed by atoms with Crippen molar-refractivity contribution in [2.75, 3.05) is 12.4 Å². The maximum absolute atomic E-state index is 13.1. The molecule has 1 heterocycles. The van der Waals surface area contributed by atoms with E-state index in [-0.39, 0.29) is 11.5 Å². The zero-order valence-electron chi connectivity index (χ0n) is 18.7. The highest BCUT2D eigenvalue weighted by Crippen LogP contribution is 2.31. The quantitative estimate of drug-likeness (QED) is 0.461. The molecule has 1 aromatic heterocycles. The van der Waals surface area contributed by atoms with Gasteiger partial charge in [0.15, 0.2) is 11.7 Å². The molecule has 0 radical (unpaired) electrons. The number of hydrogen-bond donors (Lipinski definition) is 3. The highest BCUT2D eigenvalue weighted by molar-refractivity contribution is 6.12. The maximum Gasteiger partial charge on any atom is 0.193 e. The second-order valence-corrected chi connectivity index (χ2v) is 8.01. The number of carbonyl (C=O) groups excluding carboxylic acids is 1. The minimum Gasteiger partial charge on any atom is -0.455 e. The lowest BCUT2D eigenvalue weighted by molar-refractivity contribution is 0.112. The molecule has 2 aromatic carbocycles. The predicted molar refractivity (Wildman–Crippen MR) is 133 cm³/mol. The molecule has 6 heteroatoms. The lowest BCUT2D eigenvalue weighted by atomic mass is 9.97. The third-order valence-electron chi connectivity index (χ3n) is 5.56. The first-order valence-corrected chi connectivity index (χ1v) is 10.7. The van der Waals surface area contributed by atoms with Crippen molar-refractivity contribution in [3.63, 3.8) is 0 Å². The SMILES string of the molecule is CN/C=C1/C=C(c2cc(=O)c3cc(C)cc(C(C)Nc4ccccc4C=O)c3o2)C=CC1=N. The van der Waals surface area contributed by atoms with Crippen molar-refractivity contribution in [3.8, 4) is 0 Å². The Balaban J connectivity index is 1.84. The van der Waals surface area contributed by atoms with Gasteiger partial charge in [-0.1, -0.05) is 18.2 Å². The van der Waals surface area contributed by atoms with Crippen molar-refractivity contribution in [2.24, 2.45) is 0 Å². The number of nitrogens with one attached hydrogen (secondary N) is 3. The Morgan fingerprint density at radius 3 is 2.67 bits per heavy atom. The number of carbonyl (C=O) groups is 1. The second kappa shape index (κ2) is 9.12. The molecule has 0 bridgehead atoms. The summed E-state index contributed by atoms with van der Waals surface area (Å²) in [7, 11) is 1.77. The van der Waals surface area contributed by atoms with Crippen LogP contribution in [0, 0.1) is 12.3 Å². The van der Waals surface area contributed by atoms with Crippen LogP contribution in [0.2, 0.25) is 0 Å². The van der Waals surface area contributed by atoms with E-state index in [0.29, 0.717) is 44.8 Å². The van der Waals surface area contributed by atoms with Gasteiger partial charge in [0.2, 0.25) is 0 Å². The smallest absolute Gasteiger partial charge is 0.193 e. The number of aldehydes is 1. The topological polar surface area (TPSA) is 95.2 Å².